The number of carbonyl (C=O) groups excluding carboxylic acids is 1. The zero-order valence-electron chi connectivity index (χ0n) is 18.8. The van der Waals surface area contributed by atoms with Gasteiger partial charge < -0.3 is 9.64 Å². The monoisotopic (exact) mass is 415 g/mol. The molecule has 2 aromatic rings. The summed E-state index contributed by atoms with van der Waals surface area (Å²) in [6.45, 7) is 6.94. The molecule has 0 N–H and O–H groups in total. The van der Waals surface area contributed by atoms with Crippen molar-refractivity contribution >= 4 is 5.91 Å². The van der Waals surface area contributed by atoms with Crippen LogP contribution in [0, 0.1) is 23.7 Å². The molecular weight excluding hydrogens is 382 g/mol. The lowest BCUT2D eigenvalue weighted by molar-refractivity contribution is -0.235. The van der Waals surface area contributed by atoms with Gasteiger partial charge in [0.15, 0.2) is 0 Å². The molecule has 0 bridgehead atoms. The third kappa shape index (κ3) is 2.53. The van der Waals surface area contributed by atoms with Crippen molar-refractivity contribution in [2.75, 3.05) is 0 Å². The topological polar surface area (TPSA) is 29.5 Å². The minimum absolute atomic E-state index is 0.0577. The lowest BCUT2D eigenvalue weighted by Gasteiger charge is -2.58. The largest absolute Gasteiger partial charge is 0.354 e. The number of amides is 1. The fourth-order valence-corrected chi connectivity index (χ4v) is 7.60. The van der Waals surface area contributed by atoms with Gasteiger partial charge >= 0.3 is 0 Å². The van der Waals surface area contributed by atoms with E-state index in [1.54, 1.807) is 0 Å². The van der Waals surface area contributed by atoms with E-state index in [4.69, 9.17) is 4.74 Å². The fourth-order valence-electron chi connectivity index (χ4n) is 7.60. The van der Waals surface area contributed by atoms with Crippen LogP contribution in [0.25, 0.3) is 0 Å². The Bertz CT molecular complexity index is 945. The Morgan fingerprint density at radius 1 is 0.935 bits per heavy atom. The van der Waals surface area contributed by atoms with Crippen LogP contribution in [0.2, 0.25) is 0 Å². The summed E-state index contributed by atoms with van der Waals surface area (Å²) < 4.78 is 6.93. The smallest absolute Gasteiger partial charge is 0.228 e. The average Bonchev–Trinajstić information content (AvgIpc) is 2.97. The molecule has 4 fully saturated rings. The molecular formula is C28H33NO2. The Morgan fingerprint density at radius 2 is 1.55 bits per heavy atom. The molecule has 31 heavy (non-hydrogen) atoms. The maximum Gasteiger partial charge on any atom is 0.228 e. The average molecular weight is 416 g/mol. The molecule has 2 heterocycles. The normalized spacial score (nSPS) is 37.4. The summed E-state index contributed by atoms with van der Waals surface area (Å²) in [6, 6.07) is 21.7. The van der Waals surface area contributed by atoms with Crippen LogP contribution >= 0.6 is 0 Å². The van der Waals surface area contributed by atoms with Crippen LogP contribution < -0.4 is 0 Å². The number of nitrogens with zero attached hydrogens (tertiary/aromatic N) is 1. The Labute approximate surface area is 185 Å². The highest BCUT2D eigenvalue weighted by Crippen LogP contribution is 2.65. The van der Waals surface area contributed by atoms with Gasteiger partial charge in [0.05, 0.1) is 6.10 Å². The molecule has 2 aromatic carbocycles. The fraction of sp³-hybridized carbons (Fsp3) is 0.536. The molecule has 2 aliphatic heterocycles. The van der Waals surface area contributed by atoms with Gasteiger partial charge in [-0.2, -0.15) is 0 Å². The second-order valence-corrected chi connectivity index (χ2v) is 11.0. The molecule has 2 saturated heterocycles. The van der Waals surface area contributed by atoms with Crippen LogP contribution in [-0.4, -0.2) is 28.7 Å². The number of hydrogen-bond donors (Lipinski definition) is 0. The number of hydrogen-bond acceptors (Lipinski definition) is 2. The van der Waals surface area contributed by atoms with Crippen LogP contribution in [0.4, 0.5) is 0 Å². The molecule has 0 unspecified atom stereocenters. The lowest BCUT2D eigenvalue weighted by Crippen LogP contribution is -2.65. The molecule has 0 radical (unpaired) electrons. The highest BCUT2D eigenvalue weighted by Gasteiger charge is 2.71. The number of fused-ring (bicyclic) bond motifs is 4. The summed E-state index contributed by atoms with van der Waals surface area (Å²) in [4.78, 5) is 15.9. The van der Waals surface area contributed by atoms with Gasteiger partial charge in [-0.3, -0.25) is 4.79 Å². The first kappa shape index (κ1) is 19.5. The summed E-state index contributed by atoms with van der Waals surface area (Å²) in [5.74, 6) is 1.68. The van der Waals surface area contributed by atoms with Gasteiger partial charge in [0.1, 0.15) is 6.23 Å². The van der Waals surface area contributed by atoms with Gasteiger partial charge in [0, 0.05) is 28.7 Å². The van der Waals surface area contributed by atoms with Gasteiger partial charge in [0.25, 0.3) is 0 Å². The van der Waals surface area contributed by atoms with Crippen LogP contribution in [-0.2, 0) is 14.9 Å². The molecule has 0 aromatic heterocycles. The van der Waals surface area contributed by atoms with Gasteiger partial charge in [0.2, 0.25) is 5.91 Å². The van der Waals surface area contributed by atoms with Crippen molar-refractivity contribution < 1.29 is 9.53 Å². The van der Waals surface area contributed by atoms with Gasteiger partial charge in [-0.05, 0) is 50.2 Å². The lowest BCUT2D eigenvalue weighted by atomic mass is 9.49. The summed E-state index contributed by atoms with van der Waals surface area (Å²) in [7, 11) is 0. The molecule has 3 heteroatoms. The van der Waals surface area contributed by atoms with E-state index in [1.807, 2.05) is 0 Å². The third-order valence-electron chi connectivity index (χ3n) is 9.14. The molecule has 2 saturated carbocycles. The van der Waals surface area contributed by atoms with E-state index < -0.39 is 0 Å². The van der Waals surface area contributed by atoms with E-state index in [2.05, 4.69) is 86.3 Å². The van der Waals surface area contributed by atoms with Crippen molar-refractivity contribution in [3.05, 3.63) is 71.8 Å². The standard InChI is InChI=1S/C28H33NO2/c1-18-14-15-22-23(16-18)31-26-24-21(25(30)29(26)27(22,2)3)17-28(24,19-10-6-4-7-11-19)20-12-8-5-9-13-20/h4-13,18,21-24,26H,14-17H2,1-3H3/t18-,21+,22-,23-,24-,26+/m1/s1. The third-order valence-corrected chi connectivity index (χ3v) is 9.14. The summed E-state index contributed by atoms with van der Waals surface area (Å²) >= 11 is 0. The molecule has 6 rings (SSSR count). The van der Waals surface area contributed by atoms with Crippen molar-refractivity contribution in [1.82, 2.24) is 4.90 Å². The summed E-state index contributed by atoms with van der Waals surface area (Å²) in [6.07, 6.45) is 4.53. The van der Waals surface area contributed by atoms with Crippen LogP contribution in [0.5, 0.6) is 0 Å². The summed E-state index contributed by atoms with van der Waals surface area (Å²) in [5.41, 5.74) is 2.32. The Kier molecular flexibility index (Phi) is 4.21. The maximum absolute atomic E-state index is 13.8. The first-order valence-electron chi connectivity index (χ1n) is 12.0. The van der Waals surface area contributed by atoms with Crippen LogP contribution in [0.1, 0.15) is 57.6 Å². The molecule has 162 valence electrons. The SMILES string of the molecule is C[C@@H]1CC[C@@H]2[C@@H](C1)O[C@H]1[C@H]3[C@H](CC3(c3ccccc3)c3ccccc3)C(=O)N1C2(C)C. The van der Waals surface area contributed by atoms with E-state index in [0.717, 1.165) is 19.3 Å². The molecule has 0 spiro atoms. The van der Waals surface area contributed by atoms with E-state index in [-0.39, 0.29) is 35.1 Å². The van der Waals surface area contributed by atoms with Crippen molar-refractivity contribution in [1.29, 1.82) is 0 Å². The number of benzene rings is 2. The predicted octanol–water partition coefficient (Wildman–Crippen LogP) is 5.39. The first-order valence-corrected chi connectivity index (χ1v) is 12.0. The van der Waals surface area contributed by atoms with E-state index >= 15 is 0 Å². The highest BCUT2D eigenvalue weighted by atomic mass is 16.5. The van der Waals surface area contributed by atoms with Gasteiger partial charge in [-0.25, -0.2) is 0 Å². The number of ether oxygens (including phenoxy) is 1. The predicted molar refractivity (Wildman–Crippen MR) is 121 cm³/mol. The molecule has 3 nitrogen and oxygen atoms in total. The minimum Gasteiger partial charge on any atom is -0.354 e. The molecule has 6 atom stereocenters. The minimum atomic E-state index is -0.161. The van der Waals surface area contributed by atoms with Gasteiger partial charge in [-0.15, -0.1) is 0 Å². The Balaban J connectivity index is 1.47. The second kappa shape index (κ2) is 6.68. The molecule has 2 aliphatic carbocycles. The Hall–Kier alpha value is -2.13. The van der Waals surface area contributed by atoms with Gasteiger partial charge in [-0.1, -0.05) is 74.0 Å². The van der Waals surface area contributed by atoms with Crippen molar-refractivity contribution in [2.24, 2.45) is 23.7 Å². The van der Waals surface area contributed by atoms with Crippen molar-refractivity contribution in [3.63, 3.8) is 0 Å². The van der Waals surface area contributed by atoms with Crippen LogP contribution in [0.3, 0.4) is 0 Å². The van der Waals surface area contributed by atoms with Crippen LogP contribution in [0.15, 0.2) is 60.7 Å². The maximum atomic E-state index is 13.8. The van der Waals surface area contributed by atoms with Crippen molar-refractivity contribution in [2.45, 2.75) is 69.7 Å². The van der Waals surface area contributed by atoms with E-state index in [0.29, 0.717) is 17.7 Å². The van der Waals surface area contributed by atoms with E-state index in [1.165, 1.54) is 17.5 Å². The first-order chi connectivity index (χ1) is 14.9. The Morgan fingerprint density at radius 3 is 2.16 bits per heavy atom. The molecule has 4 aliphatic rings. The highest BCUT2D eigenvalue weighted by molar-refractivity contribution is 5.86. The zero-order chi connectivity index (χ0) is 21.4. The quantitative estimate of drug-likeness (QED) is 0.658. The number of carbonyl (C=O) groups is 1. The number of rotatable bonds is 2. The molecule has 1 amide bonds. The zero-order valence-corrected chi connectivity index (χ0v) is 18.8. The second-order valence-electron chi connectivity index (χ2n) is 11.0. The van der Waals surface area contributed by atoms with Crippen molar-refractivity contribution in [3.8, 4) is 0 Å². The van der Waals surface area contributed by atoms with E-state index in [9.17, 15) is 4.79 Å². The summed E-state index contributed by atoms with van der Waals surface area (Å²) in [5, 5.41) is 0.